The van der Waals surface area contributed by atoms with Crippen LogP contribution in [0.1, 0.15) is 0 Å². The van der Waals surface area contributed by atoms with Crippen LogP contribution in [-0.4, -0.2) is 76.1 Å². The largest absolute Gasteiger partial charge is 0.493 e. The standard InChI is InChI=1S/C16H22N4O5S/c1-23-14-9-12-13(17-11-18-16(12)19-26(2,21)22)10-15(14)25-8-5-20-3-6-24-7-4-20/h9-11H,3-8H2,1-2H3,(H,17,18,19). The van der Waals surface area contributed by atoms with Crippen molar-refractivity contribution in [2.24, 2.45) is 0 Å². The van der Waals surface area contributed by atoms with Gasteiger partial charge >= 0.3 is 0 Å². The highest BCUT2D eigenvalue weighted by Crippen LogP contribution is 2.34. The first kappa shape index (κ1) is 18.6. The van der Waals surface area contributed by atoms with Crippen molar-refractivity contribution in [2.75, 3.05) is 57.5 Å². The van der Waals surface area contributed by atoms with Crippen LogP contribution < -0.4 is 14.2 Å². The molecule has 26 heavy (non-hydrogen) atoms. The van der Waals surface area contributed by atoms with E-state index < -0.39 is 10.0 Å². The molecule has 9 nitrogen and oxygen atoms in total. The molecule has 1 aliphatic rings. The van der Waals surface area contributed by atoms with Crippen molar-refractivity contribution < 1.29 is 22.6 Å². The molecule has 0 spiro atoms. The number of sulfonamides is 1. The van der Waals surface area contributed by atoms with E-state index in [0.717, 1.165) is 39.1 Å². The van der Waals surface area contributed by atoms with Crippen molar-refractivity contribution in [3.05, 3.63) is 18.5 Å². The normalized spacial score (nSPS) is 15.8. The van der Waals surface area contributed by atoms with E-state index in [1.807, 2.05) is 0 Å². The first-order chi connectivity index (χ1) is 12.5. The maximum Gasteiger partial charge on any atom is 0.230 e. The van der Waals surface area contributed by atoms with E-state index >= 15 is 0 Å². The number of nitrogens with zero attached hydrogens (tertiary/aromatic N) is 3. The summed E-state index contributed by atoms with van der Waals surface area (Å²) >= 11 is 0. The molecule has 0 saturated carbocycles. The van der Waals surface area contributed by atoms with E-state index in [-0.39, 0.29) is 5.82 Å². The molecule has 0 bridgehead atoms. The number of nitrogens with one attached hydrogen (secondary N) is 1. The minimum Gasteiger partial charge on any atom is -0.493 e. The Morgan fingerprint density at radius 3 is 2.69 bits per heavy atom. The summed E-state index contributed by atoms with van der Waals surface area (Å²) in [5, 5.41) is 0.537. The number of hydrogen-bond donors (Lipinski definition) is 1. The minimum absolute atomic E-state index is 0.204. The van der Waals surface area contributed by atoms with Gasteiger partial charge in [-0.05, 0) is 6.07 Å². The molecule has 142 valence electrons. The zero-order valence-electron chi connectivity index (χ0n) is 14.8. The van der Waals surface area contributed by atoms with Crippen LogP contribution in [0, 0.1) is 0 Å². The lowest BCUT2D eigenvalue weighted by molar-refractivity contribution is 0.0321. The Morgan fingerprint density at radius 2 is 2.00 bits per heavy atom. The van der Waals surface area contributed by atoms with Gasteiger partial charge in [-0.25, -0.2) is 18.4 Å². The summed E-state index contributed by atoms with van der Waals surface area (Å²) in [5.41, 5.74) is 0.563. The van der Waals surface area contributed by atoms with Gasteiger partial charge in [-0.15, -0.1) is 0 Å². The van der Waals surface area contributed by atoms with Crippen LogP contribution in [0.4, 0.5) is 5.82 Å². The van der Waals surface area contributed by atoms with Gasteiger partial charge in [-0.3, -0.25) is 9.62 Å². The molecule has 1 N–H and O–H groups in total. The van der Waals surface area contributed by atoms with E-state index in [2.05, 4.69) is 19.6 Å². The van der Waals surface area contributed by atoms with Crippen LogP contribution in [0.3, 0.4) is 0 Å². The Kier molecular flexibility index (Phi) is 5.74. The Balaban J connectivity index is 1.79. The first-order valence-electron chi connectivity index (χ1n) is 8.20. The summed E-state index contributed by atoms with van der Waals surface area (Å²) < 4.78 is 42.0. The van der Waals surface area contributed by atoms with Crippen LogP contribution >= 0.6 is 0 Å². The second kappa shape index (κ2) is 8.02. The van der Waals surface area contributed by atoms with E-state index in [0.29, 0.717) is 29.0 Å². The van der Waals surface area contributed by atoms with Gasteiger partial charge in [0.2, 0.25) is 10.0 Å². The highest BCUT2D eigenvalue weighted by Gasteiger charge is 2.15. The summed E-state index contributed by atoms with van der Waals surface area (Å²) in [6, 6.07) is 3.40. The van der Waals surface area contributed by atoms with Crippen molar-refractivity contribution in [1.82, 2.24) is 14.9 Å². The number of fused-ring (bicyclic) bond motifs is 1. The number of methoxy groups -OCH3 is 1. The second-order valence-electron chi connectivity index (χ2n) is 5.92. The monoisotopic (exact) mass is 382 g/mol. The molecule has 0 amide bonds. The molecular formula is C16H22N4O5S. The molecule has 1 saturated heterocycles. The summed E-state index contributed by atoms with van der Waals surface area (Å²) in [5.74, 6) is 1.25. The molecule has 3 rings (SSSR count). The molecule has 2 aromatic rings. The van der Waals surface area contributed by atoms with E-state index in [9.17, 15) is 8.42 Å². The highest BCUT2D eigenvalue weighted by molar-refractivity contribution is 7.92. The van der Waals surface area contributed by atoms with E-state index in [4.69, 9.17) is 14.2 Å². The van der Waals surface area contributed by atoms with Crippen LogP contribution in [0.2, 0.25) is 0 Å². The maximum atomic E-state index is 11.5. The highest BCUT2D eigenvalue weighted by atomic mass is 32.2. The van der Waals surface area contributed by atoms with Crippen molar-refractivity contribution in [2.45, 2.75) is 0 Å². The Bertz CT molecular complexity index is 868. The first-order valence-corrected chi connectivity index (χ1v) is 10.1. The molecule has 1 fully saturated rings. The zero-order valence-corrected chi connectivity index (χ0v) is 15.6. The Morgan fingerprint density at radius 1 is 1.23 bits per heavy atom. The third kappa shape index (κ3) is 4.71. The second-order valence-corrected chi connectivity index (χ2v) is 7.67. The van der Waals surface area contributed by atoms with E-state index in [1.165, 1.54) is 13.4 Å². The number of ether oxygens (including phenoxy) is 3. The smallest absolute Gasteiger partial charge is 0.230 e. The zero-order chi connectivity index (χ0) is 18.6. The van der Waals surface area contributed by atoms with Gasteiger partial charge in [-0.2, -0.15) is 0 Å². The third-order valence-corrected chi connectivity index (χ3v) is 4.54. The Hall–Kier alpha value is -2.17. The molecule has 1 aromatic heterocycles. The topological polar surface area (TPSA) is 103 Å². The molecule has 1 aromatic carbocycles. The van der Waals surface area contributed by atoms with Gasteiger partial charge in [0, 0.05) is 31.1 Å². The van der Waals surface area contributed by atoms with Gasteiger partial charge in [0.05, 0.1) is 32.1 Å². The molecule has 0 aliphatic carbocycles. The summed E-state index contributed by atoms with van der Waals surface area (Å²) in [4.78, 5) is 10.5. The lowest BCUT2D eigenvalue weighted by Gasteiger charge is -2.26. The van der Waals surface area contributed by atoms with E-state index in [1.54, 1.807) is 12.1 Å². The fraction of sp³-hybridized carbons (Fsp3) is 0.500. The minimum atomic E-state index is -3.45. The third-order valence-electron chi connectivity index (χ3n) is 3.97. The maximum absolute atomic E-state index is 11.5. The lowest BCUT2D eigenvalue weighted by Crippen LogP contribution is -2.38. The van der Waals surface area contributed by atoms with Gasteiger partial charge in [0.25, 0.3) is 0 Å². The quantitative estimate of drug-likeness (QED) is 0.747. The van der Waals surface area contributed by atoms with Crippen molar-refractivity contribution >= 4 is 26.7 Å². The molecule has 0 radical (unpaired) electrons. The van der Waals surface area contributed by atoms with Crippen LogP contribution in [-0.2, 0) is 14.8 Å². The SMILES string of the molecule is COc1cc2c(NS(C)(=O)=O)ncnc2cc1OCCN1CCOCC1. The fourth-order valence-electron chi connectivity index (χ4n) is 2.70. The van der Waals surface area contributed by atoms with Gasteiger partial charge in [-0.1, -0.05) is 0 Å². The lowest BCUT2D eigenvalue weighted by atomic mass is 10.2. The van der Waals surface area contributed by atoms with Crippen LogP contribution in [0.25, 0.3) is 10.9 Å². The number of benzene rings is 1. The van der Waals surface area contributed by atoms with Crippen LogP contribution in [0.15, 0.2) is 18.5 Å². The van der Waals surface area contributed by atoms with Crippen molar-refractivity contribution in [3.63, 3.8) is 0 Å². The number of hydrogen-bond acceptors (Lipinski definition) is 8. The average molecular weight is 382 g/mol. The predicted octanol–water partition coefficient (Wildman–Crippen LogP) is 0.721. The number of aromatic nitrogens is 2. The summed E-state index contributed by atoms with van der Waals surface area (Å²) in [6.07, 6.45) is 2.38. The van der Waals surface area contributed by atoms with Gasteiger partial charge in [0.15, 0.2) is 17.3 Å². The van der Waals surface area contributed by atoms with Crippen LogP contribution in [0.5, 0.6) is 11.5 Å². The molecule has 0 atom stereocenters. The molecule has 10 heteroatoms. The molecule has 0 unspecified atom stereocenters. The number of morpholine rings is 1. The summed E-state index contributed by atoms with van der Waals surface area (Å²) in [6.45, 7) is 4.56. The molecule has 2 heterocycles. The molecular weight excluding hydrogens is 360 g/mol. The van der Waals surface area contributed by atoms with Gasteiger partial charge in [0.1, 0.15) is 12.9 Å². The number of rotatable bonds is 7. The molecule has 1 aliphatic heterocycles. The average Bonchev–Trinajstić information content (AvgIpc) is 2.61. The van der Waals surface area contributed by atoms with Gasteiger partial charge < -0.3 is 14.2 Å². The van der Waals surface area contributed by atoms with Crippen molar-refractivity contribution in [3.8, 4) is 11.5 Å². The Labute approximate surface area is 152 Å². The fourth-order valence-corrected chi connectivity index (χ4v) is 3.22. The van der Waals surface area contributed by atoms with Crippen molar-refractivity contribution in [1.29, 1.82) is 0 Å². The predicted molar refractivity (Wildman–Crippen MR) is 97.3 cm³/mol. The summed E-state index contributed by atoms with van der Waals surface area (Å²) in [7, 11) is -1.92. The number of anilines is 1.